The standard InChI is InChI=1S/C27H33F4NO2/c1-2-3-18-4-6-19(7-5-18)20-8-10-21(11-9-20)27(30,31)34-23-14-12-22(13-15-23)32-16-24(28)26(33)25(29)17-32/h12-21H,2-11H2,1H3. The minimum absolute atomic E-state index is 0.00731. The molecule has 0 saturated heterocycles. The SMILES string of the molecule is CCCC1CCC(C2CCC(C(F)(F)Oc3ccc(-n4cc(F)c(=O)c(F)c4)cc3)CC2)CC1. The highest BCUT2D eigenvalue weighted by molar-refractivity contribution is 5.38. The van der Waals surface area contributed by atoms with Crippen LogP contribution in [0.3, 0.4) is 0 Å². The van der Waals surface area contributed by atoms with Crippen LogP contribution in [-0.2, 0) is 0 Å². The molecule has 0 atom stereocenters. The maximum Gasteiger partial charge on any atom is 0.400 e. The quantitative estimate of drug-likeness (QED) is 0.385. The summed E-state index contributed by atoms with van der Waals surface area (Å²) in [4.78, 5) is 11.2. The lowest BCUT2D eigenvalue weighted by atomic mass is 9.68. The molecule has 0 unspecified atom stereocenters. The van der Waals surface area contributed by atoms with Gasteiger partial charge in [0.15, 0.2) is 11.6 Å². The van der Waals surface area contributed by atoms with Gasteiger partial charge in [0.05, 0.1) is 5.92 Å². The van der Waals surface area contributed by atoms with Crippen molar-refractivity contribution < 1.29 is 22.3 Å². The van der Waals surface area contributed by atoms with E-state index in [1.165, 1.54) is 62.8 Å². The average molecular weight is 480 g/mol. The smallest absolute Gasteiger partial charge is 0.400 e. The van der Waals surface area contributed by atoms with Crippen LogP contribution in [0.1, 0.15) is 71.1 Å². The van der Waals surface area contributed by atoms with Crippen molar-refractivity contribution in [2.75, 3.05) is 0 Å². The van der Waals surface area contributed by atoms with Crippen molar-refractivity contribution in [3.63, 3.8) is 0 Å². The molecule has 4 rings (SSSR count). The summed E-state index contributed by atoms with van der Waals surface area (Å²) >= 11 is 0. The molecular formula is C27H33F4NO2. The van der Waals surface area contributed by atoms with E-state index < -0.39 is 29.1 Å². The van der Waals surface area contributed by atoms with Crippen molar-refractivity contribution in [3.05, 3.63) is 58.5 Å². The lowest BCUT2D eigenvalue weighted by Crippen LogP contribution is -2.38. The van der Waals surface area contributed by atoms with Crippen molar-refractivity contribution in [2.24, 2.45) is 23.7 Å². The fourth-order valence-corrected chi connectivity index (χ4v) is 5.87. The number of nitrogens with zero attached hydrogens (tertiary/aromatic N) is 1. The van der Waals surface area contributed by atoms with E-state index in [1.54, 1.807) is 0 Å². The summed E-state index contributed by atoms with van der Waals surface area (Å²) in [5.74, 6) is -1.20. The summed E-state index contributed by atoms with van der Waals surface area (Å²) < 4.78 is 63.1. The normalized spacial score (nSPS) is 25.8. The van der Waals surface area contributed by atoms with Gasteiger partial charge >= 0.3 is 6.11 Å². The largest absolute Gasteiger partial charge is 0.432 e. The molecular weight excluding hydrogens is 446 g/mol. The van der Waals surface area contributed by atoms with Gasteiger partial charge < -0.3 is 9.30 Å². The Labute approximate surface area is 198 Å². The number of benzene rings is 1. The zero-order valence-electron chi connectivity index (χ0n) is 19.6. The lowest BCUT2D eigenvalue weighted by molar-refractivity contribution is -0.224. The summed E-state index contributed by atoms with van der Waals surface area (Å²) in [6, 6.07) is 5.52. The topological polar surface area (TPSA) is 31.2 Å². The third-order valence-corrected chi connectivity index (χ3v) is 7.83. The Morgan fingerprint density at radius 1 is 0.882 bits per heavy atom. The van der Waals surface area contributed by atoms with Crippen LogP contribution in [0.25, 0.3) is 5.69 Å². The fraction of sp³-hybridized carbons (Fsp3) is 0.593. The van der Waals surface area contributed by atoms with Crippen molar-refractivity contribution >= 4 is 0 Å². The van der Waals surface area contributed by atoms with Gasteiger partial charge in [0.1, 0.15) is 5.75 Å². The molecule has 2 aliphatic rings. The van der Waals surface area contributed by atoms with E-state index >= 15 is 0 Å². The molecule has 34 heavy (non-hydrogen) atoms. The molecule has 2 aromatic rings. The molecule has 1 heterocycles. The molecule has 2 aliphatic carbocycles. The summed E-state index contributed by atoms with van der Waals surface area (Å²) in [5.41, 5.74) is -0.989. The summed E-state index contributed by atoms with van der Waals surface area (Å²) in [5, 5.41) is 0. The number of rotatable bonds is 7. The Morgan fingerprint density at radius 3 is 1.94 bits per heavy atom. The molecule has 2 saturated carbocycles. The van der Waals surface area contributed by atoms with E-state index in [1.807, 2.05) is 0 Å². The first-order valence-corrected chi connectivity index (χ1v) is 12.5. The molecule has 2 fully saturated rings. The predicted molar refractivity (Wildman–Crippen MR) is 123 cm³/mol. The van der Waals surface area contributed by atoms with Crippen LogP contribution in [0.5, 0.6) is 5.75 Å². The molecule has 0 radical (unpaired) electrons. The van der Waals surface area contributed by atoms with Crippen molar-refractivity contribution in [1.29, 1.82) is 0 Å². The van der Waals surface area contributed by atoms with Crippen LogP contribution in [0.4, 0.5) is 17.6 Å². The molecule has 0 bridgehead atoms. The summed E-state index contributed by atoms with van der Waals surface area (Å²) in [6.45, 7) is 2.23. The van der Waals surface area contributed by atoms with Gasteiger partial charge in [0.2, 0.25) is 0 Å². The molecule has 1 aromatic carbocycles. The second kappa shape index (κ2) is 10.5. The maximum atomic E-state index is 14.9. The van der Waals surface area contributed by atoms with Gasteiger partial charge in [-0.1, -0.05) is 32.6 Å². The number of halogens is 4. The number of ether oxygens (including phenoxy) is 1. The third kappa shape index (κ3) is 5.66. The highest BCUT2D eigenvalue weighted by Gasteiger charge is 2.45. The molecule has 0 aliphatic heterocycles. The van der Waals surface area contributed by atoms with Crippen LogP contribution in [0.15, 0.2) is 41.5 Å². The second-order valence-electron chi connectivity index (χ2n) is 10.0. The van der Waals surface area contributed by atoms with E-state index in [9.17, 15) is 22.4 Å². The van der Waals surface area contributed by atoms with E-state index in [0.717, 1.165) is 35.7 Å². The minimum atomic E-state index is -3.28. The summed E-state index contributed by atoms with van der Waals surface area (Å²) in [6.07, 6.45) is 8.59. The van der Waals surface area contributed by atoms with Crippen LogP contribution in [0, 0.1) is 35.3 Å². The minimum Gasteiger partial charge on any atom is -0.432 e. The Bertz CT molecular complexity index is 978. The van der Waals surface area contributed by atoms with Crippen molar-refractivity contribution in [1.82, 2.24) is 4.57 Å². The van der Waals surface area contributed by atoms with Gasteiger partial charge in [-0.25, -0.2) is 8.78 Å². The van der Waals surface area contributed by atoms with E-state index in [2.05, 4.69) is 6.92 Å². The van der Waals surface area contributed by atoms with Crippen molar-refractivity contribution in [2.45, 2.75) is 77.2 Å². The van der Waals surface area contributed by atoms with Crippen molar-refractivity contribution in [3.8, 4) is 11.4 Å². The number of aromatic nitrogens is 1. The van der Waals surface area contributed by atoms with Crippen LogP contribution in [0.2, 0.25) is 0 Å². The Kier molecular flexibility index (Phi) is 7.68. The number of hydrogen-bond acceptors (Lipinski definition) is 2. The number of alkyl halides is 2. The van der Waals surface area contributed by atoms with Gasteiger partial charge in [-0.15, -0.1) is 0 Å². The average Bonchev–Trinajstić information content (AvgIpc) is 2.83. The van der Waals surface area contributed by atoms with Crippen LogP contribution in [-0.4, -0.2) is 10.7 Å². The van der Waals surface area contributed by atoms with E-state index in [-0.39, 0.29) is 5.75 Å². The van der Waals surface area contributed by atoms with E-state index in [0.29, 0.717) is 30.4 Å². The molecule has 0 N–H and O–H groups in total. The number of hydrogen-bond donors (Lipinski definition) is 0. The van der Waals surface area contributed by atoms with Crippen LogP contribution < -0.4 is 10.2 Å². The van der Waals surface area contributed by atoms with E-state index in [4.69, 9.17) is 4.74 Å². The monoisotopic (exact) mass is 479 g/mol. The zero-order chi connectivity index (χ0) is 24.3. The van der Waals surface area contributed by atoms with Gasteiger partial charge in [0, 0.05) is 18.1 Å². The Balaban J connectivity index is 1.32. The molecule has 1 aromatic heterocycles. The Hall–Kier alpha value is -2.31. The third-order valence-electron chi connectivity index (χ3n) is 7.83. The second-order valence-corrected chi connectivity index (χ2v) is 10.0. The maximum absolute atomic E-state index is 14.9. The molecule has 3 nitrogen and oxygen atoms in total. The van der Waals surface area contributed by atoms with Gasteiger partial charge in [-0.05, 0) is 80.5 Å². The number of pyridine rings is 1. The van der Waals surface area contributed by atoms with Crippen LogP contribution >= 0.6 is 0 Å². The lowest BCUT2D eigenvalue weighted by Gasteiger charge is -2.39. The molecule has 186 valence electrons. The zero-order valence-corrected chi connectivity index (χ0v) is 19.6. The fourth-order valence-electron chi connectivity index (χ4n) is 5.87. The molecule has 0 spiro atoms. The highest BCUT2D eigenvalue weighted by atomic mass is 19.3. The van der Waals surface area contributed by atoms with Gasteiger partial charge in [-0.2, -0.15) is 8.78 Å². The summed E-state index contributed by atoms with van der Waals surface area (Å²) in [7, 11) is 0. The highest BCUT2D eigenvalue weighted by Crippen LogP contribution is 2.45. The first-order chi connectivity index (χ1) is 16.3. The first-order valence-electron chi connectivity index (χ1n) is 12.5. The predicted octanol–water partition coefficient (Wildman–Crippen LogP) is 7.50. The first kappa shape index (κ1) is 24.8. The van der Waals surface area contributed by atoms with Gasteiger partial charge in [0.25, 0.3) is 5.43 Å². The van der Waals surface area contributed by atoms with Gasteiger partial charge in [-0.3, -0.25) is 4.79 Å². The molecule has 7 heteroatoms. The molecule has 0 amide bonds. The Morgan fingerprint density at radius 2 is 1.41 bits per heavy atom.